The Morgan fingerprint density at radius 3 is 2.88 bits per heavy atom. The Morgan fingerprint density at radius 2 is 2.04 bits per heavy atom. The highest BCUT2D eigenvalue weighted by Crippen LogP contribution is 2.40. The number of ether oxygens (including phenoxy) is 1. The summed E-state index contributed by atoms with van der Waals surface area (Å²) < 4.78 is 5.70. The third-order valence-electron chi connectivity index (χ3n) is 4.12. The molecule has 128 valence electrons. The first kappa shape index (κ1) is 15.9. The number of carbonyl (C=O) groups is 1. The second-order valence-electron chi connectivity index (χ2n) is 6.09. The normalized spacial score (nSPS) is 13.6. The molecular weight excluding hydrogens is 334 g/mol. The first-order valence-corrected chi connectivity index (χ1v) is 9.28. The van der Waals surface area contributed by atoms with Gasteiger partial charge in [0.15, 0.2) is 5.13 Å². The lowest BCUT2D eigenvalue weighted by Gasteiger charge is -2.08. The van der Waals surface area contributed by atoms with E-state index in [4.69, 9.17) is 4.74 Å². The van der Waals surface area contributed by atoms with E-state index in [0.717, 1.165) is 16.8 Å². The summed E-state index contributed by atoms with van der Waals surface area (Å²) in [6.45, 7) is 0.844. The average Bonchev–Trinajstić information content (AvgIpc) is 3.38. The van der Waals surface area contributed by atoms with Crippen LogP contribution in [0.5, 0.6) is 5.75 Å². The number of urea groups is 1. The van der Waals surface area contributed by atoms with E-state index in [-0.39, 0.29) is 6.03 Å². The van der Waals surface area contributed by atoms with Crippen LogP contribution in [0.1, 0.15) is 24.5 Å². The molecule has 0 spiro atoms. The fourth-order valence-corrected chi connectivity index (χ4v) is 3.43. The van der Waals surface area contributed by atoms with E-state index in [1.54, 1.807) is 0 Å². The Labute approximate surface area is 150 Å². The number of anilines is 1. The predicted molar refractivity (Wildman–Crippen MR) is 101 cm³/mol. The lowest BCUT2D eigenvalue weighted by molar-refractivity contribution is 0.247. The van der Waals surface area contributed by atoms with E-state index < -0.39 is 0 Å². The van der Waals surface area contributed by atoms with Crippen LogP contribution in [0.2, 0.25) is 0 Å². The zero-order chi connectivity index (χ0) is 17.1. The molecule has 1 fully saturated rings. The molecule has 0 atom stereocenters. The van der Waals surface area contributed by atoms with Gasteiger partial charge in [-0.2, -0.15) is 0 Å². The van der Waals surface area contributed by atoms with Crippen LogP contribution in [0.3, 0.4) is 0 Å². The molecule has 3 aromatic rings. The number of rotatable bonds is 6. The molecule has 0 saturated heterocycles. The molecule has 1 saturated carbocycles. The minimum Gasteiger partial charge on any atom is -0.492 e. The molecule has 5 nitrogen and oxygen atoms in total. The summed E-state index contributed by atoms with van der Waals surface area (Å²) in [6, 6.07) is 13.9. The highest BCUT2D eigenvalue weighted by molar-refractivity contribution is 7.13. The second kappa shape index (κ2) is 7.11. The van der Waals surface area contributed by atoms with Crippen molar-refractivity contribution in [3.63, 3.8) is 0 Å². The Hall–Kier alpha value is -2.60. The van der Waals surface area contributed by atoms with Gasteiger partial charge in [0, 0.05) is 11.3 Å². The standard InChI is InChI=1S/C19H19N3O2S/c23-18(22-19-21-17(12-25-19)14-5-6-14)20-9-10-24-16-8-7-13-3-1-2-4-15(13)11-16/h1-4,7-8,11-12,14H,5-6,9-10H2,(H2,20,21,22,23). The molecule has 1 heterocycles. The lowest BCUT2D eigenvalue weighted by atomic mass is 10.1. The number of aromatic nitrogens is 1. The van der Waals surface area contributed by atoms with Crippen molar-refractivity contribution in [2.45, 2.75) is 18.8 Å². The molecule has 1 aliphatic carbocycles. The van der Waals surface area contributed by atoms with Crippen LogP contribution in [0, 0.1) is 0 Å². The number of nitrogens with zero attached hydrogens (tertiary/aromatic N) is 1. The van der Waals surface area contributed by atoms with Gasteiger partial charge in [-0.15, -0.1) is 11.3 Å². The molecular formula is C19H19N3O2S. The Balaban J connectivity index is 1.22. The number of nitrogens with one attached hydrogen (secondary N) is 2. The average molecular weight is 353 g/mol. The van der Waals surface area contributed by atoms with Gasteiger partial charge in [0.05, 0.1) is 12.2 Å². The number of hydrogen-bond donors (Lipinski definition) is 2. The summed E-state index contributed by atoms with van der Waals surface area (Å²) in [5.74, 6) is 1.40. The van der Waals surface area contributed by atoms with E-state index in [0.29, 0.717) is 24.2 Å². The van der Waals surface area contributed by atoms with Crippen LogP contribution >= 0.6 is 11.3 Å². The van der Waals surface area contributed by atoms with Gasteiger partial charge in [-0.1, -0.05) is 30.3 Å². The Bertz CT molecular complexity index is 889. The molecule has 0 bridgehead atoms. The van der Waals surface area contributed by atoms with Crippen LogP contribution < -0.4 is 15.4 Å². The van der Waals surface area contributed by atoms with E-state index in [1.807, 2.05) is 35.7 Å². The van der Waals surface area contributed by atoms with Gasteiger partial charge < -0.3 is 10.1 Å². The van der Waals surface area contributed by atoms with Crippen molar-refractivity contribution in [1.82, 2.24) is 10.3 Å². The fraction of sp³-hybridized carbons (Fsp3) is 0.263. The second-order valence-corrected chi connectivity index (χ2v) is 6.95. The fourth-order valence-electron chi connectivity index (χ4n) is 2.64. The largest absolute Gasteiger partial charge is 0.492 e. The van der Waals surface area contributed by atoms with Gasteiger partial charge >= 0.3 is 6.03 Å². The first-order valence-electron chi connectivity index (χ1n) is 8.40. The maximum Gasteiger partial charge on any atom is 0.321 e. The molecule has 0 unspecified atom stereocenters. The molecule has 2 aromatic carbocycles. The predicted octanol–water partition coefficient (Wildman–Crippen LogP) is 4.37. The number of fused-ring (bicyclic) bond motifs is 1. The number of carbonyl (C=O) groups excluding carboxylic acids is 1. The quantitative estimate of drug-likeness (QED) is 0.647. The zero-order valence-electron chi connectivity index (χ0n) is 13.7. The minimum absolute atomic E-state index is 0.251. The topological polar surface area (TPSA) is 63.2 Å². The van der Waals surface area contributed by atoms with Gasteiger partial charge in [-0.3, -0.25) is 5.32 Å². The third-order valence-corrected chi connectivity index (χ3v) is 4.89. The van der Waals surface area contributed by atoms with Crippen molar-refractivity contribution in [2.24, 2.45) is 0 Å². The molecule has 0 radical (unpaired) electrons. The van der Waals surface area contributed by atoms with E-state index >= 15 is 0 Å². The Morgan fingerprint density at radius 1 is 1.20 bits per heavy atom. The summed E-state index contributed by atoms with van der Waals surface area (Å²) >= 11 is 1.47. The molecule has 1 aliphatic rings. The molecule has 4 rings (SSSR count). The van der Waals surface area contributed by atoms with Crippen molar-refractivity contribution in [3.8, 4) is 5.75 Å². The van der Waals surface area contributed by atoms with Crippen molar-refractivity contribution < 1.29 is 9.53 Å². The van der Waals surface area contributed by atoms with Crippen molar-refractivity contribution in [1.29, 1.82) is 0 Å². The molecule has 2 amide bonds. The number of benzene rings is 2. The monoisotopic (exact) mass is 353 g/mol. The SMILES string of the molecule is O=C(NCCOc1ccc2ccccc2c1)Nc1nc(C2CC2)cs1. The van der Waals surface area contributed by atoms with E-state index in [2.05, 4.69) is 27.8 Å². The van der Waals surface area contributed by atoms with Gasteiger partial charge in [-0.25, -0.2) is 9.78 Å². The van der Waals surface area contributed by atoms with Crippen LogP contribution in [0.15, 0.2) is 47.8 Å². The van der Waals surface area contributed by atoms with Crippen molar-refractivity contribution >= 4 is 33.3 Å². The summed E-state index contributed by atoms with van der Waals surface area (Å²) in [4.78, 5) is 16.3. The number of thiazole rings is 1. The van der Waals surface area contributed by atoms with Gasteiger partial charge in [0.1, 0.15) is 12.4 Å². The van der Waals surface area contributed by atoms with Gasteiger partial charge in [0.25, 0.3) is 0 Å². The molecule has 2 N–H and O–H groups in total. The summed E-state index contributed by atoms with van der Waals surface area (Å²) in [5.41, 5.74) is 1.10. The maximum atomic E-state index is 11.9. The van der Waals surface area contributed by atoms with Crippen LogP contribution in [0.4, 0.5) is 9.93 Å². The summed E-state index contributed by atoms with van der Waals surface area (Å²) in [5, 5.41) is 10.5. The molecule has 1 aromatic heterocycles. The molecule has 25 heavy (non-hydrogen) atoms. The van der Waals surface area contributed by atoms with Gasteiger partial charge in [0.2, 0.25) is 0 Å². The van der Waals surface area contributed by atoms with Crippen LogP contribution in [-0.2, 0) is 0 Å². The summed E-state index contributed by atoms with van der Waals surface area (Å²) in [6.07, 6.45) is 2.42. The highest BCUT2D eigenvalue weighted by Gasteiger charge is 2.26. The van der Waals surface area contributed by atoms with E-state index in [9.17, 15) is 4.79 Å². The van der Waals surface area contributed by atoms with Crippen LogP contribution in [-0.4, -0.2) is 24.2 Å². The van der Waals surface area contributed by atoms with Crippen LogP contribution in [0.25, 0.3) is 10.8 Å². The van der Waals surface area contributed by atoms with Crippen molar-refractivity contribution in [2.75, 3.05) is 18.5 Å². The molecule has 6 heteroatoms. The first-order chi connectivity index (χ1) is 12.3. The van der Waals surface area contributed by atoms with Gasteiger partial charge in [-0.05, 0) is 35.7 Å². The lowest BCUT2D eigenvalue weighted by Crippen LogP contribution is -2.32. The minimum atomic E-state index is -0.251. The third kappa shape index (κ3) is 4.09. The highest BCUT2D eigenvalue weighted by atomic mass is 32.1. The maximum absolute atomic E-state index is 11.9. The zero-order valence-corrected chi connectivity index (χ0v) is 14.5. The Kier molecular flexibility index (Phi) is 4.52. The summed E-state index contributed by atoms with van der Waals surface area (Å²) in [7, 11) is 0. The molecule has 0 aliphatic heterocycles. The van der Waals surface area contributed by atoms with Crippen molar-refractivity contribution in [3.05, 3.63) is 53.5 Å². The van der Waals surface area contributed by atoms with E-state index in [1.165, 1.54) is 29.6 Å². The number of amides is 2. The number of hydrogen-bond acceptors (Lipinski definition) is 4. The smallest absolute Gasteiger partial charge is 0.321 e.